The zero-order chi connectivity index (χ0) is 25.3. The first-order valence-corrected chi connectivity index (χ1v) is 13.1. The summed E-state index contributed by atoms with van der Waals surface area (Å²) in [4.78, 5) is 36.5. The molecule has 4 rings (SSSR count). The van der Waals surface area contributed by atoms with Crippen LogP contribution in [0.15, 0.2) is 53.8 Å². The van der Waals surface area contributed by atoms with Gasteiger partial charge in [-0.3, -0.25) is 25.0 Å². The van der Waals surface area contributed by atoms with Crippen molar-refractivity contribution in [2.75, 3.05) is 5.32 Å². The van der Waals surface area contributed by atoms with Crippen LogP contribution in [0.2, 0.25) is 0 Å². The van der Waals surface area contributed by atoms with Gasteiger partial charge in [0.2, 0.25) is 11.0 Å². The van der Waals surface area contributed by atoms with Crippen LogP contribution in [0.5, 0.6) is 0 Å². The van der Waals surface area contributed by atoms with Crippen molar-refractivity contribution in [3.8, 4) is 0 Å². The monoisotopic (exact) mass is 522 g/mol. The van der Waals surface area contributed by atoms with Gasteiger partial charge in [0.25, 0.3) is 5.91 Å². The molecule has 0 aliphatic heterocycles. The second kappa shape index (κ2) is 12.5. The molecule has 10 nitrogen and oxygen atoms in total. The number of nitrogens with one attached hydrogen (secondary N) is 2. The minimum absolute atomic E-state index is 0.0742. The standard InChI is InChI=1S/C24H26N8O2S2/c25-22(36-23(26)29-19(33)13-17-5-1-3-9-27-17)16-8-7-15(11-16)12-21-31-32-24(35-21)30-20(34)14-18-6-2-4-10-28-18/h1-6,9-10,15-16,25H,7-8,11-14H2,(H2,26,29,33)(H,30,32,34). The van der Waals surface area contributed by atoms with Gasteiger partial charge in [-0.25, -0.2) is 0 Å². The number of hydrogen-bond donors (Lipinski definition) is 3. The number of amidine groups is 1. The molecule has 0 spiro atoms. The molecule has 12 heteroatoms. The second-order valence-electron chi connectivity index (χ2n) is 8.44. The van der Waals surface area contributed by atoms with Crippen molar-refractivity contribution in [1.82, 2.24) is 20.2 Å². The smallest absolute Gasteiger partial charge is 0.254 e. The lowest BCUT2D eigenvalue weighted by Gasteiger charge is -2.11. The Balaban J connectivity index is 1.21. The maximum absolute atomic E-state index is 12.2. The lowest BCUT2D eigenvalue weighted by Crippen LogP contribution is -2.17. The van der Waals surface area contributed by atoms with E-state index in [4.69, 9.17) is 11.1 Å². The van der Waals surface area contributed by atoms with Gasteiger partial charge in [-0.1, -0.05) is 23.5 Å². The average Bonchev–Trinajstić information content (AvgIpc) is 3.50. The summed E-state index contributed by atoms with van der Waals surface area (Å²) < 4.78 is 0. The van der Waals surface area contributed by atoms with E-state index in [-0.39, 0.29) is 35.7 Å². The molecule has 36 heavy (non-hydrogen) atoms. The van der Waals surface area contributed by atoms with Crippen LogP contribution in [0.1, 0.15) is 35.7 Å². The lowest BCUT2D eigenvalue weighted by molar-refractivity contribution is -0.117. The highest BCUT2D eigenvalue weighted by Crippen LogP contribution is 2.36. The maximum Gasteiger partial charge on any atom is 0.254 e. The molecule has 3 aromatic heterocycles. The summed E-state index contributed by atoms with van der Waals surface area (Å²) in [6, 6.07) is 10.8. The Hall–Kier alpha value is -3.51. The van der Waals surface area contributed by atoms with E-state index >= 15 is 0 Å². The molecule has 186 valence electrons. The number of nitrogens with zero attached hydrogens (tertiary/aromatic N) is 5. The molecular formula is C24H26N8O2S2. The summed E-state index contributed by atoms with van der Waals surface area (Å²) in [5, 5.41) is 21.4. The largest absolute Gasteiger partial charge is 0.378 e. The molecule has 1 fully saturated rings. The van der Waals surface area contributed by atoms with Gasteiger partial charge in [0, 0.05) is 36.1 Å². The number of carbonyl (C=O) groups is 2. The molecule has 0 radical (unpaired) electrons. The van der Waals surface area contributed by atoms with E-state index in [1.165, 1.54) is 11.3 Å². The molecule has 0 aromatic carbocycles. The number of aliphatic imine (C=N–C) groups is 1. The summed E-state index contributed by atoms with van der Waals surface area (Å²) in [6.45, 7) is 0. The van der Waals surface area contributed by atoms with Crippen molar-refractivity contribution < 1.29 is 9.59 Å². The minimum Gasteiger partial charge on any atom is -0.378 e. The van der Waals surface area contributed by atoms with E-state index in [1.54, 1.807) is 36.7 Å². The average molecular weight is 523 g/mol. The molecule has 4 N–H and O–H groups in total. The zero-order valence-electron chi connectivity index (χ0n) is 19.5. The molecule has 1 aliphatic carbocycles. The summed E-state index contributed by atoms with van der Waals surface area (Å²) >= 11 is 2.42. The highest BCUT2D eigenvalue weighted by Gasteiger charge is 2.29. The van der Waals surface area contributed by atoms with Gasteiger partial charge in [-0.15, -0.1) is 10.2 Å². The lowest BCUT2D eigenvalue weighted by atomic mass is 10.0. The highest BCUT2D eigenvalue weighted by molar-refractivity contribution is 8.26. The van der Waals surface area contributed by atoms with Gasteiger partial charge in [0.15, 0.2) is 5.17 Å². The first-order valence-electron chi connectivity index (χ1n) is 11.5. The van der Waals surface area contributed by atoms with Crippen molar-refractivity contribution in [2.24, 2.45) is 22.6 Å². The van der Waals surface area contributed by atoms with Crippen LogP contribution in [0.25, 0.3) is 0 Å². The Bertz CT molecular complexity index is 1230. The topological polar surface area (TPSA) is 160 Å². The predicted octanol–water partition coefficient (Wildman–Crippen LogP) is 3.26. The maximum atomic E-state index is 12.2. The SMILES string of the molecule is N=C(SC(N)=NC(=O)Cc1ccccn1)C1CCC(Cc2nnc(NC(=O)Cc3ccccn3)s2)C1. The molecule has 3 aromatic rings. The predicted molar refractivity (Wildman–Crippen MR) is 141 cm³/mol. The molecule has 1 saturated carbocycles. The fraction of sp³-hybridized carbons (Fsp3) is 0.333. The third-order valence-corrected chi connectivity index (χ3v) is 7.38. The van der Waals surface area contributed by atoms with Gasteiger partial charge < -0.3 is 11.1 Å². The number of aromatic nitrogens is 4. The van der Waals surface area contributed by atoms with Gasteiger partial charge in [0.05, 0.1) is 17.9 Å². The van der Waals surface area contributed by atoms with Crippen molar-refractivity contribution in [1.29, 1.82) is 5.41 Å². The quantitative estimate of drug-likeness (QED) is 0.300. The molecule has 2 amide bonds. The van der Waals surface area contributed by atoms with E-state index in [0.717, 1.165) is 42.5 Å². The fourth-order valence-corrected chi connectivity index (χ4v) is 5.63. The van der Waals surface area contributed by atoms with E-state index in [0.29, 0.717) is 27.5 Å². The number of hydrogen-bond acceptors (Lipinski definition) is 9. The Morgan fingerprint density at radius 2 is 1.81 bits per heavy atom. The third kappa shape index (κ3) is 7.75. The van der Waals surface area contributed by atoms with Crippen LogP contribution in [0.4, 0.5) is 5.13 Å². The Labute approximate surface area is 216 Å². The van der Waals surface area contributed by atoms with Crippen molar-refractivity contribution in [2.45, 2.75) is 38.5 Å². The fourth-order valence-electron chi connectivity index (χ4n) is 4.00. The molecule has 0 saturated heterocycles. The number of rotatable bonds is 8. The number of thioether (sulfide) groups is 1. The first kappa shape index (κ1) is 25.6. The van der Waals surface area contributed by atoms with Crippen LogP contribution in [-0.2, 0) is 28.9 Å². The van der Waals surface area contributed by atoms with E-state index < -0.39 is 0 Å². The van der Waals surface area contributed by atoms with Crippen LogP contribution in [0.3, 0.4) is 0 Å². The van der Waals surface area contributed by atoms with Gasteiger partial charge in [-0.2, -0.15) is 4.99 Å². The number of nitrogens with two attached hydrogens (primary N) is 1. The van der Waals surface area contributed by atoms with Crippen LogP contribution in [-0.4, -0.2) is 42.2 Å². The number of anilines is 1. The molecule has 2 atom stereocenters. The van der Waals surface area contributed by atoms with E-state index in [9.17, 15) is 9.59 Å². The summed E-state index contributed by atoms with van der Waals surface area (Å²) in [5.74, 6) is -0.120. The molecule has 1 aliphatic rings. The Morgan fingerprint density at radius 1 is 1.08 bits per heavy atom. The number of pyridine rings is 2. The van der Waals surface area contributed by atoms with Gasteiger partial charge >= 0.3 is 0 Å². The number of carbonyl (C=O) groups excluding carboxylic acids is 2. The Kier molecular flexibility index (Phi) is 8.85. The Morgan fingerprint density at radius 3 is 2.50 bits per heavy atom. The van der Waals surface area contributed by atoms with Crippen molar-refractivity contribution >= 4 is 50.3 Å². The normalized spacial score (nSPS) is 17.6. The molecule has 3 heterocycles. The minimum atomic E-state index is -0.380. The van der Waals surface area contributed by atoms with Crippen molar-refractivity contribution in [3.05, 3.63) is 65.2 Å². The van der Waals surface area contributed by atoms with E-state index in [2.05, 4.69) is 30.5 Å². The first-order chi connectivity index (χ1) is 17.4. The van der Waals surface area contributed by atoms with Crippen LogP contribution >= 0.6 is 23.1 Å². The second-order valence-corrected chi connectivity index (χ2v) is 10.6. The highest BCUT2D eigenvalue weighted by atomic mass is 32.2. The molecular weight excluding hydrogens is 496 g/mol. The summed E-state index contributed by atoms with van der Waals surface area (Å²) in [5.41, 5.74) is 7.25. The zero-order valence-corrected chi connectivity index (χ0v) is 21.1. The summed E-state index contributed by atoms with van der Waals surface area (Å²) in [6.07, 6.45) is 6.95. The summed E-state index contributed by atoms with van der Waals surface area (Å²) in [7, 11) is 0. The van der Waals surface area contributed by atoms with Gasteiger partial charge in [-0.05, 0) is 61.2 Å². The van der Waals surface area contributed by atoms with Crippen LogP contribution < -0.4 is 11.1 Å². The number of amides is 2. The molecule has 2 unspecified atom stereocenters. The van der Waals surface area contributed by atoms with Crippen molar-refractivity contribution in [3.63, 3.8) is 0 Å². The molecule has 0 bridgehead atoms. The third-order valence-electron chi connectivity index (χ3n) is 5.66. The van der Waals surface area contributed by atoms with Gasteiger partial charge in [0.1, 0.15) is 5.01 Å². The van der Waals surface area contributed by atoms with E-state index in [1.807, 2.05) is 12.1 Å². The van der Waals surface area contributed by atoms with Crippen LogP contribution in [0, 0.1) is 17.2 Å².